The summed E-state index contributed by atoms with van der Waals surface area (Å²) >= 11 is 5.97. The van der Waals surface area contributed by atoms with Gasteiger partial charge in [-0.3, -0.25) is 4.90 Å². The summed E-state index contributed by atoms with van der Waals surface area (Å²) in [6, 6.07) is 7.55. The maximum atomic E-state index is 9.48. The summed E-state index contributed by atoms with van der Waals surface area (Å²) in [4.78, 5) is 6.61. The molecule has 1 aromatic carbocycles. The van der Waals surface area contributed by atoms with Crippen LogP contribution in [0, 0.1) is 5.92 Å². The van der Waals surface area contributed by atoms with Gasteiger partial charge in [-0.15, -0.1) is 0 Å². The largest absolute Gasteiger partial charge is 0.395 e. The fourth-order valence-electron chi connectivity index (χ4n) is 2.82. The van der Waals surface area contributed by atoms with Crippen LogP contribution in [0.25, 0.3) is 11.4 Å². The average Bonchev–Trinajstić information content (AvgIpc) is 3.07. The number of halogens is 1. The third-order valence-electron chi connectivity index (χ3n) is 4.07. The molecule has 2 aromatic rings. The van der Waals surface area contributed by atoms with Crippen molar-refractivity contribution < 1.29 is 9.63 Å². The highest BCUT2D eigenvalue weighted by Gasteiger charge is 2.31. The van der Waals surface area contributed by atoms with Crippen molar-refractivity contribution in [3.05, 3.63) is 35.2 Å². The molecular weight excluding hydrogens is 290 g/mol. The number of hydrogen-bond acceptors (Lipinski definition) is 5. The van der Waals surface area contributed by atoms with Gasteiger partial charge in [0.2, 0.25) is 11.7 Å². The summed E-state index contributed by atoms with van der Waals surface area (Å²) in [6.07, 6.45) is 1.08. The highest BCUT2D eigenvalue weighted by Crippen LogP contribution is 2.26. The van der Waals surface area contributed by atoms with Gasteiger partial charge in [-0.1, -0.05) is 35.8 Å². The van der Waals surface area contributed by atoms with Crippen LogP contribution in [-0.2, 0) is 6.54 Å². The molecule has 0 bridgehead atoms. The van der Waals surface area contributed by atoms with Gasteiger partial charge in [-0.2, -0.15) is 4.98 Å². The Labute approximate surface area is 128 Å². The van der Waals surface area contributed by atoms with Crippen LogP contribution in [0.3, 0.4) is 0 Å². The minimum absolute atomic E-state index is 0.163. The minimum Gasteiger partial charge on any atom is -0.395 e. The second-order valence-electron chi connectivity index (χ2n) is 5.51. The number of nitrogens with zero attached hydrogens (tertiary/aromatic N) is 3. The lowest BCUT2D eigenvalue weighted by atomic mass is 10.0. The van der Waals surface area contributed by atoms with Gasteiger partial charge in [0.05, 0.1) is 13.2 Å². The second-order valence-corrected chi connectivity index (χ2v) is 5.94. The Morgan fingerprint density at radius 3 is 3.10 bits per heavy atom. The molecule has 1 aliphatic rings. The fraction of sp³-hybridized carbons (Fsp3) is 0.467. The predicted octanol–water partition coefficient (Wildman–Crippen LogP) is 2.59. The molecule has 1 fully saturated rings. The van der Waals surface area contributed by atoms with E-state index in [0.717, 1.165) is 18.5 Å². The molecule has 1 saturated heterocycles. The first-order valence-electron chi connectivity index (χ1n) is 7.11. The van der Waals surface area contributed by atoms with Crippen LogP contribution in [0.1, 0.15) is 19.2 Å². The van der Waals surface area contributed by atoms with E-state index in [9.17, 15) is 5.11 Å². The quantitative estimate of drug-likeness (QED) is 0.940. The highest BCUT2D eigenvalue weighted by atomic mass is 35.5. The number of hydrogen-bond donors (Lipinski definition) is 1. The summed E-state index contributed by atoms with van der Waals surface area (Å²) in [6.45, 7) is 3.84. The maximum absolute atomic E-state index is 9.48. The van der Waals surface area contributed by atoms with Crippen LogP contribution in [0.15, 0.2) is 28.8 Å². The SMILES string of the molecule is CC1CCN(Cc2nc(-c3cccc(Cl)c3)no2)C1CO. The number of aromatic nitrogens is 2. The lowest BCUT2D eigenvalue weighted by Gasteiger charge is -2.23. The van der Waals surface area contributed by atoms with E-state index in [2.05, 4.69) is 22.0 Å². The van der Waals surface area contributed by atoms with Crippen molar-refractivity contribution in [3.8, 4) is 11.4 Å². The Morgan fingerprint density at radius 1 is 1.48 bits per heavy atom. The van der Waals surface area contributed by atoms with Crippen molar-refractivity contribution in [3.63, 3.8) is 0 Å². The Bertz CT molecular complexity index is 616. The molecule has 3 rings (SSSR count). The molecule has 6 heteroatoms. The van der Waals surface area contributed by atoms with Gasteiger partial charge in [0.15, 0.2) is 0 Å². The van der Waals surface area contributed by atoms with Gasteiger partial charge in [-0.05, 0) is 31.0 Å². The molecule has 0 saturated carbocycles. The summed E-state index contributed by atoms with van der Waals surface area (Å²) < 4.78 is 5.32. The fourth-order valence-corrected chi connectivity index (χ4v) is 3.01. The zero-order valence-corrected chi connectivity index (χ0v) is 12.6. The number of rotatable bonds is 4. The average molecular weight is 308 g/mol. The van der Waals surface area contributed by atoms with E-state index >= 15 is 0 Å². The Balaban J connectivity index is 1.74. The summed E-state index contributed by atoms with van der Waals surface area (Å²) in [5.41, 5.74) is 0.839. The van der Waals surface area contributed by atoms with Crippen molar-refractivity contribution in [1.29, 1.82) is 0 Å². The van der Waals surface area contributed by atoms with Gasteiger partial charge < -0.3 is 9.63 Å². The number of aliphatic hydroxyl groups excluding tert-OH is 1. The number of aliphatic hydroxyl groups is 1. The first kappa shape index (κ1) is 14.5. The summed E-state index contributed by atoms with van der Waals surface area (Å²) in [5, 5.41) is 14.1. The van der Waals surface area contributed by atoms with Crippen LogP contribution in [0.5, 0.6) is 0 Å². The van der Waals surface area contributed by atoms with Gasteiger partial charge in [-0.25, -0.2) is 0 Å². The normalized spacial score (nSPS) is 22.8. The first-order valence-corrected chi connectivity index (χ1v) is 7.48. The molecule has 5 nitrogen and oxygen atoms in total. The van der Waals surface area contributed by atoms with Crippen LogP contribution in [0.2, 0.25) is 5.02 Å². The second kappa shape index (κ2) is 6.13. The molecule has 0 aliphatic carbocycles. The van der Waals surface area contributed by atoms with Crippen molar-refractivity contribution in [1.82, 2.24) is 15.0 Å². The van der Waals surface area contributed by atoms with Crippen LogP contribution in [-0.4, -0.2) is 39.3 Å². The lowest BCUT2D eigenvalue weighted by Crippen LogP contribution is -2.34. The van der Waals surface area contributed by atoms with Crippen molar-refractivity contribution >= 4 is 11.6 Å². The standard InChI is InChI=1S/C15H18ClN3O2/c1-10-5-6-19(13(10)9-20)8-14-17-15(18-21-14)11-3-2-4-12(16)7-11/h2-4,7,10,13,20H,5-6,8-9H2,1H3. The summed E-state index contributed by atoms with van der Waals surface area (Å²) in [5.74, 6) is 1.60. The molecule has 2 atom stereocenters. The van der Waals surface area contributed by atoms with E-state index < -0.39 is 0 Å². The zero-order chi connectivity index (χ0) is 14.8. The van der Waals surface area contributed by atoms with Crippen LogP contribution >= 0.6 is 11.6 Å². The number of benzene rings is 1. The summed E-state index contributed by atoms with van der Waals surface area (Å²) in [7, 11) is 0. The Morgan fingerprint density at radius 2 is 2.33 bits per heavy atom. The predicted molar refractivity (Wildman–Crippen MR) is 79.8 cm³/mol. The van der Waals surface area contributed by atoms with Gasteiger partial charge in [0.1, 0.15) is 0 Å². The first-order chi connectivity index (χ1) is 10.2. The van der Waals surface area contributed by atoms with Crippen LogP contribution < -0.4 is 0 Å². The smallest absolute Gasteiger partial charge is 0.241 e. The Hall–Kier alpha value is -1.43. The highest BCUT2D eigenvalue weighted by molar-refractivity contribution is 6.30. The monoisotopic (exact) mass is 307 g/mol. The molecule has 0 spiro atoms. The minimum atomic E-state index is 0.163. The topological polar surface area (TPSA) is 62.4 Å². The van der Waals surface area contributed by atoms with E-state index in [1.807, 2.05) is 24.3 Å². The van der Waals surface area contributed by atoms with Gasteiger partial charge in [0.25, 0.3) is 0 Å². The molecule has 2 unspecified atom stereocenters. The lowest BCUT2D eigenvalue weighted by molar-refractivity contribution is 0.123. The van der Waals surface area contributed by atoms with Crippen molar-refractivity contribution in [2.24, 2.45) is 5.92 Å². The molecule has 21 heavy (non-hydrogen) atoms. The zero-order valence-electron chi connectivity index (χ0n) is 11.9. The van der Waals surface area contributed by atoms with Crippen molar-refractivity contribution in [2.75, 3.05) is 13.2 Å². The van der Waals surface area contributed by atoms with E-state index in [0.29, 0.717) is 29.2 Å². The van der Waals surface area contributed by atoms with Gasteiger partial charge in [0, 0.05) is 16.6 Å². The molecule has 2 heterocycles. The van der Waals surface area contributed by atoms with E-state index in [4.69, 9.17) is 16.1 Å². The molecule has 0 radical (unpaired) electrons. The third kappa shape index (κ3) is 3.10. The van der Waals surface area contributed by atoms with Crippen molar-refractivity contribution in [2.45, 2.75) is 25.9 Å². The maximum Gasteiger partial charge on any atom is 0.241 e. The van der Waals surface area contributed by atoms with Crippen LogP contribution in [0.4, 0.5) is 0 Å². The van der Waals surface area contributed by atoms with Gasteiger partial charge >= 0.3 is 0 Å². The molecular formula is C15H18ClN3O2. The third-order valence-corrected chi connectivity index (χ3v) is 4.31. The molecule has 112 valence electrons. The Kier molecular flexibility index (Phi) is 4.24. The number of likely N-dealkylation sites (tertiary alicyclic amines) is 1. The molecule has 1 aromatic heterocycles. The van der Waals surface area contributed by atoms with E-state index in [-0.39, 0.29) is 12.6 Å². The molecule has 1 N–H and O–H groups in total. The molecule has 1 aliphatic heterocycles. The van der Waals surface area contributed by atoms with E-state index in [1.165, 1.54) is 0 Å². The molecule has 0 amide bonds. The van der Waals surface area contributed by atoms with E-state index in [1.54, 1.807) is 0 Å².